The fourth-order valence-electron chi connectivity index (χ4n) is 3.74. The molecule has 3 aromatic heterocycles. The average Bonchev–Trinajstić information content (AvgIpc) is 3.17. The fraction of sp³-hybridized carbons (Fsp3) is 0.500. The molecular formula is C18H24N6O. The number of hydrogen-bond acceptors (Lipinski definition) is 5. The van der Waals surface area contributed by atoms with Crippen molar-refractivity contribution in [1.29, 1.82) is 0 Å². The van der Waals surface area contributed by atoms with Crippen molar-refractivity contribution in [2.24, 2.45) is 7.05 Å². The quantitative estimate of drug-likeness (QED) is 0.782. The van der Waals surface area contributed by atoms with Gasteiger partial charge in [0.05, 0.1) is 5.69 Å². The molecule has 0 amide bonds. The van der Waals surface area contributed by atoms with Gasteiger partial charge < -0.3 is 14.1 Å². The summed E-state index contributed by atoms with van der Waals surface area (Å²) in [6.07, 6.45) is 6.48. The first-order valence-electron chi connectivity index (χ1n) is 8.79. The van der Waals surface area contributed by atoms with Gasteiger partial charge in [-0.3, -0.25) is 4.90 Å². The van der Waals surface area contributed by atoms with Gasteiger partial charge in [0, 0.05) is 38.4 Å². The number of aliphatic hydroxyl groups is 1. The minimum Gasteiger partial charge on any atom is -0.388 e. The van der Waals surface area contributed by atoms with Gasteiger partial charge >= 0.3 is 0 Å². The lowest BCUT2D eigenvalue weighted by Gasteiger charge is -2.31. The third kappa shape index (κ3) is 3.17. The molecule has 132 valence electrons. The molecule has 25 heavy (non-hydrogen) atoms. The molecule has 4 rings (SSSR count). The summed E-state index contributed by atoms with van der Waals surface area (Å²) in [6.45, 7) is 4.90. The second-order valence-corrected chi connectivity index (χ2v) is 6.97. The van der Waals surface area contributed by atoms with Crippen molar-refractivity contribution >= 4 is 5.65 Å². The highest BCUT2D eigenvalue weighted by Crippen LogP contribution is 2.26. The number of aromatic nitrogens is 5. The number of hydrogen-bond donors (Lipinski definition) is 1. The molecule has 0 bridgehead atoms. The number of fused-ring (bicyclic) bond motifs is 1. The van der Waals surface area contributed by atoms with Crippen LogP contribution in [0.5, 0.6) is 0 Å². The largest absolute Gasteiger partial charge is 0.388 e. The molecule has 0 radical (unpaired) electrons. The number of aliphatic hydroxyl groups excluding tert-OH is 1. The first-order chi connectivity index (χ1) is 12.1. The normalized spacial score (nSPS) is 18.9. The van der Waals surface area contributed by atoms with E-state index in [1.54, 1.807) is 0 Å². The Hall–Kier alpha value is -2.25. The van der Waals surface area contributed by atoms with Crippen LogP contribution in [0.2, 0.25) is 0 Å². The molecule has 0 saturated carbocycles. The number of likely N-dealkylation sites (tertiary alicyclic amines) is 1. The zero-order valence-corrected chi connectivity index (χ0v) is 14.8. The Morgan fingerprint density at radius 1 is 1.24 bits per heavy atom. The molecule has 3 aromatic rings. The number of pyridine rings is 1. The lowest BCUT2D eigenvalue weighted by molar-refractivity contribution is 0.193. The molecule has 1 fully saturated rings. The van der Waals surface area contributed by atoms with Crippen LogP contribution in [-0.2, 0) is 20.2 Å². The molecule has 7 heteroatoms. The summed E-state index contributed by atoms with van der Waals surface area (Å²) in [5.74, 6) is 1.95. The molecule has 0 aromatic carbocycles. The molecule has 4 heterocycles. The zero-order valence-electron chi connectivity index (χ0n) is 14.8. The van der Waals surface area contributed by atoms with Crippen molar-refractivity contribution in [3.8, 4) is 0 Å². The van der Waals surface area contributed by atoms with Crippen molar-refractivity contribution in [2.75, 3.05) is 13.1 Å². The molecule has 7 nitrogen and oxygen atoms in total. The van der Waals surface area contributed by atoms with Crippen LogP contribution in [0.25, 0.3) is 5.65 Å². The van der Waals surface area contributed by atoms with Crippen LogP contribution >= 0.6 is 0 Å². The Balaban J connectivity index is 1.49. The van der Waals surface area contributed by atoms with Crippen LogP contribution in [0.3, 0.4) is 0 Å². The van der Waals surface area contributed by atoms with Gasteiger partial charge in [-0.15, -0.1) is 10.2 Å². The van der Waals surface area contributed by atoms with E-state index in [2.05, 4.69) is 50.9 Å². The van der Waals surface area contributed by atoms with Gasteiger partial charge in [0.25, 0.3) is 0 Å². The topological polar surface area (TPSA) is 71.5 Å². The highest BCUT2D eigenvalue weighted by molar-refractivity contribution is 5.41. The number of piperidine rings is 1. The van der Waals surface area contributed by atoms with Gasteiger partial charge in [-0.25, -0.2) is 4.98 Å². The maximum atomic E-state index is 9.32. The Kier molecular flexibility index (Phi) is 4.27. The maximum Gasteiger partial charge on any atom is 0.158 e. The number of rotatable bonds is 4. The fourth-order valence-corrected chi connectivity index (χ4v) is 3.74. The van der Waals surface area contributed by atoms with Crippen LogP contribution in [0, 0.1) is 6.92 Å². The van der Waals surface area contributed by atoms with Gasteiger partial charge in [-0.2, -0.15) is 0 Å². The van der Waals surface area contributed by atoms with E-state index in [0.29, 0.717) is 11.7 Å². The van der Waals surface area contributed by atoms with Gasteiger partial charge in [-0.05, 0) is 37.9 Å². The second kappa shape index (κ2) is 6.57. The summed E-state index contributed by atoms with van der Waals surface area (Å²) >= 11 is 0. The Morgan fingerprint density at radius 3 is 2.92 bits per heavy atom. The van der Waals surface area contributed by atoms with Gasteiger partial charge in [-0.1, -0.05) is 6.07 Å². The first kappa shape index (κ1) is 16.2. The standard InChI is InChI=1S/C18H24N6O/c1-13-5-6-16-19-15(11-24(16)8-13)10-23-7-3-4-14(9-23)18-21-20-17(12-25)22(18)2/h5-6,8,11,14,25H,3-4,7,9-10,12H2,1-2H3/t14-/m1/s1. The summed E-state index contributed by atoms with van der Waals surface area (Å²) in [7, 11) is 1.93. The molecule has 1 aliphatic heterocycles. The van der Waals surface area contributed by atoms with E-state index in [1.807, 2.05) is 11.6 Å². The maximum absolute atomic E-state index is 9.32. The van der Waals surface area contributed by atoms with Crippen LogP contribution in [0.1, 0.15) is 41.7 Å². The smallest absolute Gasteiger partial charge is 0.158 e. The van der Waals surface area contributed by atoms with Gasteiger partial charge in [0.15, 0.2) is 5.82 Å². The predicted octanol–water partition coefficient (Wildman–Crippen LogP) is 1.64. The summed E-state index contributed by atoms with van der Waals surface area (Å²) in [6, 6.07) is 4.16. The molecule has 0 aliphatic carbocycles. The van der Waals surface area contributed by atoms with E-state index in [9.17, 15) is 5.11 Å². The van der Waals surface area contributed by atoms with Crippen molar-refractivity contribution < 1.29 is 5.11 Å². The molecule has 1 N–H and O–H groups in total. The van der Waals surface area contributed by atoms with E-state index in [4.69, 9.17) is 4.98 Å². The van der Waals surface area contributed by atoms with Crippen LogP contribution in [0.4, 0.5) is 0 Å². The van der Waals surface area contributed by atoms with Crippen LogP contribution < -0.4 is 0 Å². The first-order valence-corrected chi connectivity index (χ1v) is 8.79. The van der Waals surface area contributed by atoms with Crippen molar-refractivity contribution in [3.05, 3.63) is 47.4 Å². The summed E-state index contributed by atoms with van der Waals surface area (Å²) in [4.78, 5) is 7.18. The summed E-state index contributed by atoms with van der Waals surface area (Å²) in [5, 5.41) is 17.7. The van der Waals surface area contributed by atoms with E-state index in [-0.39, 0.29) is 6.61 Å². The van der Waals surface area contributed by atoms with Crippen LogP contribution in [-0.4, -0.2) is 47.2 Å². The minimum atomic E-state index is -0.0689. The zero-order chi connectivity index (χ0) is 17.4. The average molecular weight is 340 g/mol. The molecule has 1 saturated heterocycles. The lowest BCUT2D eigenvalue weighted by atomic mass is 9.97. The number of aryl methyl sites for hydroxylation is 1. The summed E-state index contributed by atoms with van der Waals surface area (Å²) < 4.78 is 4.03. The Morgan fingerprint density at radius 2 is 2.12 bits per heavy atom. The van der Waals surface area contributed by atoms with Crippen LogP contribution in [0.15, 0.2) is 24.5 Å². The number of nitrogens with zero attached hydrogens (tertiary/aromatic N) is 6. The molecular weight excluding hydrogens is 316 g/mol. The Bertz CT molecular complexity index is 883. The molecule has 0 unspecified atom stereocenters. The predicted molar refractivity (Wildman–Crippen MR) is 94.1 cm³/mol. The van der Waals surface area contributed by atoms with E-state index < -0.39 is 0 Å². The lowest BCUT2D eigenvalue weighted by Crippen LogP contribution is -2.35. The van der Waals surface area contributed by atoms with E-state index >= 15 is 0 Å². The molecule has 1 aliphatic rings. The molecule has 1 atom stereocenters. The molecule has 0 spiro atoms. The van der Waals surface area contributed by atoms with E-state index in [1.165, 1.54) is 5.56 Å². The van der Waals surface area contributed by atoms with Crippen molar-refractivity contribution in [3.63, 3.8) is 0 Å². The van der Waals surface area contributed by atoms with Crippen molar-refractivity contribution in [2.45, 2.75) is 38.8 Å². The SMILES string of the molecule is Cc1ccc2nc(CN3CCC[C@@H](c4nnc(CO)n4C)C3)cn2c1. The second-order valence-electron chi connectivity index (χ2n) is 6.97. The minimum absolute atomic E-state index is 0.0689. The highest BCUT2D eigenvalue weighted by Gasteiger charge is 2.26. The summed E-state index contributed by atoms with van der Waals surface area (Å²) in [5.41, 5.74) is 3.33. The third-order valence-corrected chi connectivity index (χ3v) is 5.05. The Labute approximate surface area is 146 Å². The van der Waals surface area contributed by atoms with Gasteiger partial charge in [0.1, 0.15) is 18.1 Å². The van der Waals surface area contributed by atoms with Crippen molar-refractivity contribution in [1.82, 2.24) is 29.0 Å². The monoisotopic (exact) mass is 340 g/mol. The number of imidazole rings is 1. The highest BCUT2D eigenvalue weighted by atomic mass is 16.3. The van der Waals surface area contributed by atoms with E-state index in [0.717, 1.165) is 49.6 Å². The van der Waals surface area contributed by atoms with Gasteiger partial charge in [0.2, 0.25) is 0 Å². The third-order valence-electron chi connectivity index (χ3n) is 5.05.